The molecule has 2 heterocycles. The zero-order chi connectivity index (χ0) is 20.8. The highest BCUT2D eigenvalue weighted by atomic mass is 16.5. The summed E-state index contributed by atoms with van der Waals surface area (Å²) in [7, 11) is 3.63. The zero-order valence-corrected chi connectivity index (χ0v) is 18.2. The Labute approximate surface area is 174 Å². The number of benzene rings is 1. The van der Waals surface area contributed by atoms with E-state index in [-0.39, 0.29) is 11.9 Å². The molecule has 0 spiro atoms. The molecular formula is C23H34N4O2. The van der Waals surface area contributed by atoms with Crippen molar-refractivity contribution in [2.75, 3.05) is 26.7 Å². The molecule has 1 saturated heterocycles. The Bertz CT molecular complexity index is 807. The lowest BCUT2D eigenvalue weighted by Gasteiger charge is -2.35. The van der Waals surface area contributed by atoms with Crippen LogP contribution >= 0.6 is 0 Å². The number of carbonyl (C=O) groups is 1. The lowest BCUT2D eigenvalue weighted by Crippen LogP contribution is -2.40. The van der Waals surface area contributed by atoms with Crippen LogP contribution in [0.15, 0.2) is 24.3 Å². The first-order valence-corrected chi connectivity index (χ1v) is 10.6. The fourth-order valence-electron chi connectivity index (χ4n) is 4.23. The van der Waals surface area contributed by atoms with E-state index in [1.165, 1.54) is 30.4 Å². The quantitative estimate of drug-likeness (QED) is 0.741. The van der Waals surface area contributed by atoms with E-state index in [2.05, 4.69) is 34.4 Å². The highest BCUT2D eigenvalue weighted by Gasteiger charge is 2.23. The van der Waals surface area contributed by atoms with Crippen LogP contribution in [0.5, 0.6) is 5.75 Å². The van der Waals surface area contributed by atoms with E-state index in [1.807, 2.05) is 30.8 Å². The molecule has 1 unspecified atom stereocenters. The Balaban J connectivity index is 1.61. The van der Waals surface area contributed by atoms with Crippen LogP contribution in [-0.4, -0.2) is 47.3 Å². The molecule has 6 nitrogen and oxygen atoms in total. The van der Waals surface area contributed by atoms with Gasteiger partial charge in [-0.1, -0.05) is 18.6 Å². The van der Waals surface area contributed by atoms with Crippen LogP contribution in [0.3, 0.4) is 0 Å². The van der Waals surface area contributed by atoms with Gasteiger partial charge in [0.25, 0.3) is 0 Å². The molecule has 0 saturated carbocycles. The standard InChI is InChI=1S/C23H34N4O2/c1-17-21(18(2)26(3)25-17)12-13-23(28)24-16-22(27-14-6-5-7-15-27)19-8-10-20(29-4)11-9-19/h8-11,22H,5-7,12-16H2,1-4H3,(H,24,28). The van der Waals surface area contributed by atoms with E-state index in [0.29, 0.717) is 13.0 Å². The van der Waals surface area contributed by atoms with Crippen LogP contribution in [-0.2, 0) is 18.3 Å². The van der Waals surface area contributed by atoms with Gasteiger partial charge >= 0.3 is 0 Å². The smallest absolute Gasteiger partial charge is 0.220 e. The highest BCUT2D eigenvalue weighted by molar-refractivity contribution is 5.76. The maximum atomic E-state index is 12.6. The number of likely N-dealkylation sites (tertiary alicyclic amines) is 1. The molecule has 1 aliphatic rings. The number of aryl methyl sites for hydroxylation is 2. The van der Waals surface area contributed by atoms with Crippen LogP contribution in [0, 0.1) is 13.8 Å². The predicted molar refractivity (Wildman–Crippen MR) is 115 cm³/mol. The number of aromatic nitrogens is 2. The van der Waals surface area contributed by atoms with Gasteiger partial charge in [0.05, 0.1) is 18.8 Å². The van der Waals surface area contributed by atoms with Gasteiger partial charge in [-0.25, -0.2) is 0 Å². The summed E-state index contributed by atoms with van der Waals surface area (Å²) in [5.41, 5.74) is 4.57. The molecule has 29 heavy (non-hydrogen) atoms. The summed E-state index contributed by atoms with van der Waals surface area (Å²) in [6, 6.07) is 8.44. The average Bonchev–Trinajstić information content (AvgIpc) is 2.99. The van der Waals surface area contributed by atoms with Crippen molar-refractivity contribution in [3.63, 3.8) is 0 Å². The van der Waals surface area contributed by atoms with E-state index in [1.54, 1.807) is 7.11 Å². The Morgan fingerprint density at radius 2 is 1.86 bits per heavy atom. The fourth-order valence-corrected chi connectivity index (χ4v) is 4.23. The zero-order valence-electron chi connectivity index (χ0n) is 18.2. The second-order valence-electron chi connectivity index (χ2n) is 7.96. The van der Waals surface area contributed by atoms with Gasteiger partial charge in [-0.05, 0) is 69.5 Å². The number of hydrogen-bond acceptors (Lipinski definition) is 4. The van der Waals surface area contributed by atoms with Crippen molar-refractivity contribution in [3.05, 3.63) is 46.8 Å². The molecular weight excluding hydrogens is 364 g/mol. The molecule has 0 bridgehead atoms. The number of amides is 1. The summed E-state index contributed by atoms with van der Waals surface area (Å²) in [4.78, 5) is 15.1. The average molecular weight is 399 g/mol. The molecule has 158 valence electrons. The molecule has 1 amide bonds. The highest BCUT2D eigenvalue weighted by Crippen LogP contribution is 2.26. The third-order valence-corrected chi connectivity index (χ3v) is 6.09. The molecule has 0 aliphatic carbocycles. The molecule has 6 heteroatoms. The molecule has 1 fully saturated rings. The second-order valence-corrected chi connectivity index (χ2v) is 7.96. The summed E-state index contributed by atoms with van der Waals surface area (Å²) in [5.74, 6) is 0.959. The second kappa shape index (κ2) is 9.92. The van der Waals surface area contributed by atoms with Crippen molar-refractivity contribution >= 4 is 5.91 Å². The van der Waals surface area contributed by atoms with Crippen LogP contribution < -0.4 is 10.1 Å². The Kier molecular flexibility index (Phi) is 7.31. The van der Waals surface area contributed by atoms with Crippen LogP contribution in [0.1, 0.15) is 54.2 Å². The van der Waals surface area contributed by atoms with E-state index in [0.717, 1.165) is 36.6 Å². The molecule has 1 aliphatic heterocycles. The number of ether oxygens (including phenoxy) is 1. The number of hydrogen-bond donors (Lipinski definition) is 1. The lowest BCUT2D eigenvalue weighted by molar-refractivity contribution is -0.121. The largest absolute Gasteiger partial charge is 0.497 e. The third kappa shape index (κ3) is 5.38. The van der Waals surface area contributed by atoms with Crippen molar-refractivity contribution < 1.29 is 9.53 Å². The monoisotopic (exact) mass is 398 g/mol. The van der Waals surface area contributed by atoms with E-state index in [4.69, 9.17) is 4.74 Å². The van der Waals surface area contributed by atoms with Gasteiger partial charge in [0, 0.05) is 25.7 Å². The number of rotatable bonds is 8. The number of methoxy groups -OCH3 is 1. The van der Waals surface area contributed by atoms with Crippen molar-refractivity contribution in [3.8, 4) is 5.75 Å². The summed E-state index contributed by atoms with van der Waals surface area (Å²) in [6.45, 7) is 6.87. The lowest BCUT2D eigenvalue weighted by atomic mass is 10.0. The van der Waals surface area contributed by atoms with Crippen LogP contribution in [0.4, 0.5) is 0 Å². The maximum Gasteiger partial charge on any atom is 0.220 e. The Morgan fingerprint density at radius 1 is 1.17 bits per heavy atom. The first-order chi connectivity index (χ1) is 14.0. The van der Waals surface area contributed by atoms with E-state index >= 15 is 0 Å². The third-order valence-electron chi connectivity index (χ3n) is 6.09. The summed E-state index contributed by atoms with van der Waals surface area (Å²) in [6.07, 6.45) is 4.96. The van der Waals surface area contributed by atoms with Crippen molar-refractivity contribution in [2.45, 2.75) is 52.0 Å². The van der Waals surface area contributed by atoms with Crippen molar-refractivity contribution in [1.82, 2.24) is 20.0 Å². The normalized spacial score (nSPS) is 15.9. The van der Waals surface area contributed by atoms with Gasteiger partial charge in [0.2, 0.25) is 5.91 Å². The molecule has 1 atom stereocenters. The topological polar surface area (TPSA) is 59.4 Å². The van der Waals surface area contributed by atoms with Gasteiger partial charge < -0.3 is 10.1 Å². The van der Waals surface area contributed by atoms with Gasteiger partial charge in [0.15, 0.2) is 0 Å². The first kappa shape index (κ1) is 21.4. The van der Waals surface area contributed by atoms with Crippen LogP contribution in [0.2, 0.25) is 0 Å². The predicted octanol–water partition coefficient (Wildman–Crippen LogP) is 3.32. The maximum absolute atomic E-state index is 12.6. The van der Waals surface area contributed by atoms with Gasteiger partial charge in [0.1, 0.15) is 5.75 Å². The van der Waals surface area contributed by atoms with Gasteiger partial charge in [-0.3, -0.25) is 14.4 Å². The minimum absolute atomic E-state index is 0.100. The SMILES string of the molecule is COc1ccc(C(CNC(=O)CCc2c(C)nn(C)c2C)N2CCCCC2)cc1. The fraction of sp³-hybridized carbons (Fsp3) is 0.565. The van der Waals surface area contributed by atoms with Gasteiger partial charge in [-0.15, -0.1) is 0 Å². The Morgan fingerprint density at radius 3 is 2.45 bits per heavy atom. The van der Waals surface area contributed by atoms with Gasteiger partial charge in [-0.2, -0.15) is 5.10 Å². The minimum Gasteiger partial charge on any atom is -0.497 e. The summed E-state index contributed by atoms with van der Waals surface area (Å²) in [5, 5.41) is 7.63. The van der Waals surface area contributed by atoms with Crippen LogP contribution in [0.25, 0.3) is 0 Å². The number of nitrogens with one attached hydrogen (secondary N) is 1. The summed E-state index contributed by atoms with van der Waals surface area (Å²) < 4.78 is 7.18. The Hall–Kier alpha value is -2.34. The molecule has 3 rings (SSSR count). The number of piperidine rings is 1. The number of carbonyl (C=O) groups excluding carboxylic acids is 1. The summed E-state index contributed by atoms with van der Waals surface area (Å²) >= 11 is 0. The molecule has 2 aromatic rings. The molecule has 0 radical (unpaired) electrons. The van der Waals surface area contributed by atoms with Crippen molar-refractivity contribution in [2.24, 2.45) is 7.05 Å². The van der Waals surface area contributed by atoms with Crippen molar-refractivity contribution in [1.29, 1.82) is 0 Å². The number of nitrogens with zero attached hydrogens (tertiary/aromatic N) is 3. The molecule has 1 aromatic heterocycles. The first-order valence-electron chi connectivity index (χ1n) is 10.6. The molecule has 1 N–H and O–H groups in total. The van der Waals surface area contributed by atoms with E-state index in [9.17, 15) is 4.79 Å². The van der Waals surface area contributed by atoms with E-state index < -0.39 is 0 Å². The molecule has 1 aromatic carbocycles. The minimum atomic E-state index is 0.100.